The molecule has 0 spiro atoms. The Kier molecular flexibility index (Phi) is 2.72. The van der Waals surface area contributed by atoms with Crippen LogP contribution >= 0.6 is 0 Å². The van der Waals surface area contributed by atoms with E-state index in [0.717, 1.165) is 5.56 Å². The predicted molar refractivity (Wildman–Crippen MR) is 59.7 cm³/mol. The first-order chi connectivity index (χ1) is 7.66. The first-order valence-corrected chi connectivity index (χ1v) is 4.91. The minimum atomic E-state index is 0.442. The summed E-state index contributed by atoms with van der Waals surface area (Å²) in [6.45, 7) is 4.12. The summed E-state index contributed by atoms with van der Waals surface area (Å²) in [5.74, 6) is 1.77. The Bertz CT molecular complexity index is 494. The Morgan fingerprint density at radius 3 is 2.94 bits per heavy atom. The van der Waals surface area contributed by atoms with Gasteiger partial charge in [-0.25, -0.2) is 4.98 Å². The summed E-state index contributed by atoms with van der Waals surface area (Å²) >= 11 is 0. The van der Waals surface area contributed by atoms with Gasteiger partial charge < -0.3 is 15.6 Å². The third-order valence-corrected chi connectivity index (χ3v) is 2.19. The SMILES string of the molecule is Cc1nc(CNc2nccc(C)c2N)no1. The maximum atomic E-state index is 5.86. The molecular weight excluding hydrogens is 206 g/mol. The van der Waals surface area contributed by atoms with Gasteiger partial charge in [-0.05, 0) is 18.6 Å². The lowest BCUT2D eigenvalue weighted by molar-refractivity contribution is 0.388. The van der Waals surface area contributed by atoms with Crippen LogP contribution in [0.3, 0.4) is 0 Å². The molecule has 2 heterocycles. The minimum Gasteiger partial charge on any atom is -0.396 e. The number of hydrogen-bond donors (Lipinski definition) is 2. The predicted octanol–water partition coefficient (Wildman–Crippen LogP) is 1.28. The van der Waals surface area contributed by atoms with Crippen molar-refractivity contribution in [1.29, 1.82) is 0 Å². The van der Waals surface area contributed by atoms with Gasteiger partial charge in [-0.15, -0.1) is 0 Å². The molecule has 2 aromatic heterocycles. The van der Waals surface area contributed by atoms with Gasteiger partial charge in [-0.3, -0.25) is 0 Å². The number of aryl methyl sites for hydroxylation is 2. The van der Waals surface area contributed by atoms with Crippen molar-refractivity contribution in [2.45, 2.75) is 20.4 Å². The molecule has 6 nitrogen and oxygen atoms in total. The molecule has 3 N–H and O–H groups in total. The molecule has 16 heavy (non-hydrogen) atoms. The number of aromatic nitrogens is 3. The molecule has 0 unspecified atom stereocenters. The van der Waals surface area contributed by atoms with Crippen molar-refractivity contribution in [3.8, 4) is 0 Å². The molecule has 0 fully saturated rings. The van der Waals surface area contributed by atoms with E-state index >= 15 is 0 Å². The van der Waals surface area contributed by atoms with Gasteiger partial charge in [-0.1, -0.05) is 5.16 Å². The molecule has 0 atom stereocenters. The van der Waals surface area contributed by atoms with Gasteiger partial charge in [-0.2, -0.15) is 4.98 Å². The Labute approximate surface area is 92.9 Å². The molecule has 0 aliphatic carbocycles. The second kappa shape index (κ2) is 4.18. The highest BCUT2D eigenvalue weighted by atomic mass is 16.5. The van der Waals surface area contributed by atoms with E-state index in [2.05, 4.69) is 20.4 Å². The van der Waals surface area contributed by atoms with Gasteiger partial charge in [0.05, 0.1) is 12.2 Å². The fourth-order valence-corrected chi connectivity index (χ4v) is 1.29. The topological polar surface area (TPSA) is 89.9 Å². The zero-order valence-electron chi connectivity index (χ0n) is 9.19. The Hall–Kier alpha value is -2.11. The number of hydrogen-bond acceptors (Lipinski definition) is 6. The molecule has 0 aromatic carbocycles. The summed E-state index contributed by atoms with van der Waals surface area (Å²) in [5.41, 5.74) is 7.49. The average molecular weight is 219 g/mol. The van der Waals surface area contributed by atoms with Crippen LogP contribution in [-0.4, -0.2) is 15.1 Å². The second-order valence-corrected chi connectivity index (χ2v) is 3.47. The quantitative estimate of drug-likeness (QED) is 0.808. The molecule has 0 radical (unpaired) electrons. The van der Waals surface area contributed by atoms with Crippen LogP contribution in [0.25, 0.3) is 0 Å². The first kappa shape index (κ1) is 10.4. The van der Waals surface area contributed by atoms with Gasteiger partial charge in [0, 0.05) is 13.1 Å². The maximum absolute atomic E-state index is 5.86. The van der Waals surface area contributed by atoms with Crippen molar-refractivity contribution in [3.05, 3.63) is 29.5 Å². The average Bonchev–Trinajstić information content (AvgIpc) is 2.67. The van der Waals surface area contributed by atoms with E-state index in [0.29, 0.717) is 29.8 Å². The van der Waals surface area contributed by atoms with Crippen molar-refractivity contribution >= 4 is 11.5 Å². The van der Waals surface area contributed by atoms with E-state index in [1.807, 2.05) is 13.0 Å². The van der Waals surface area contributed by atoms with Crippen LogP contribution in [0.5, 0.6) is 0 Å². The molecule has 0 saturated heterocycles. The van der Waals surface area contributed by atoms with Crippen LogP contribution < -0.4 is 11.1 Å². The van der Waals surface area contributed by atoms with E-state index < -0.39 is 0 Å². The Morgan fingerprint density at radius 2 is 2.25 bits per heavy atom. The summed E-state index contributed by atoms with van der Waals surface area (Å²) in [6, 6.07) is 1.86. The lowest BCUT2D eigenvalue weighted by Gasteiger charge is -2.07. The molecule has 0 amide bonds. The van der Waals surface area contributed by atoms with Crippen LogP contribution in [0.15, 0.2) is 16.8 Å². The van der Waals surface area contributed by atoms with Crippen LogP contribution in [0.2, 0.25) is 0 Å². The van der Waals surface area contributed by atoms with Crippen LogP contribution in [-0.2, 0) is 6.54 Å². The summed E-state index contributed by atoms with van der Waals surface area (Å²) in [4.78, 5) is 8.21. The van der Waals surface area contributed by atoms with Crippen molar-refractivity contribution < 1.29 is 4.52 Å². The summed E-state index contributed by atoms with van der Waals surface area (Å²) in [6.07, 6.45) is 1.70. The molecule has 0 saturated carbocycles. The van der Waals surface area contributed by atoms with E-state index in [9.17, 15) is 0 Å². The highest BCUT2D eigenvalue weighted by molar-refractivity contribution is 5.64. The van der Waals surface area contributed by atoms with E-state index in [1.165, 1.54) is 0 Å². The normalized spacial score (nSPS) is 10.4. The fraction of sp³-hybridized carbons (Fsp3) is 0.300. The summed E-state index contributed by atoms with van der Waals surface area (Å²) in [5, 5.41) is 6.83. The van der Waals surface area contributed by atoms with Crippen molar-refractivity contribution in [3.63, 3.8) is 0 Å². The third-order valence-electron chi connectivity index (χ3n) is 2.19. The van der Waals surface area contributed by atoms with Crippen molar-refractivity contribution in [1.82, 2.24) is 15.1 Å². The smallest absolute Gasteiger partial charge is 0.223 e. The molecule has 6 heteroatoms. The maximum Gasteiger partial charge on any atom is 0.223 e. The van der Waals surface area contributed by atoms with Crippen LogP contribution in [0.1, 0.15) is 17.3 Å². The Balaban J connectivity index is 2.07. The molecule has 84 valence electrons. The number of rotatable bonds is 3. The number of nitrogens with one attached hydrogen (secondary N) is 1. The highest BCUT2D eigenvalue weighted by Gasteiger charge is 2.05. The van der Waals surface area contributed by atoms with Gasteiger partial charge in [0.25, 0.3) is 0 Å². The third kappa shape index (κ3) is 2.10. The number of nitrogens with zero attached hydrogens (tertiary/aromatic N) is 3. The zero-order chi connectivity index (χ0) is 11.5. The number of nitrogens with two attached hydrogens (primary N) is 1. The number of anilines is 2. The monoisotopic (exact) mass is 219 g/mol. The molecular formula is C10H13N5O. The zero-order valence-corrected chi connectivity index (χ0v) is 9.19. The van der Waals surface area contributed by atoms with Gasteiger partial charge >= 0.3 is 0 Å². The lowest BCUT2D eigenvalue weighted by Crippen LogP contribution is -2.06. The standard InChI is InChI=1S/C10H13N5O/c1-6-3-4-12-10(9(6)11)13-5-8-14-7(2)16-15-8/h3-4H,5,11H2,1-2H3,(H,12,13). The summed E-state index contributed by atoms with van der Waals surface area (Å²) in [7, 11) is 0. The lowest BCUT2D eigenvalue weighted by atomic mass is 10.2. The Morgan fingerprint density at radius 1 is 1.44 bits per heavy atom. The van der Waals surface area contributed by atoms with Crippen molar-refractivity contribution in [2.24, 2.45) is 0 Å². The molecule has 0 bridgehead atoms. The number of pyridine rings is 1. The second-order valence-electron chi connectivity index (χ2n) is 3.47. The minimum absolute atomic E-state index is 0.442. The van der Waals surface area contributed by atoms with E-state index in [1.54, 1.807) is 13.1 Å². The molecule has 0 aliphatic rings. The molecule has 2 rings (SSSR count). The molecule has 2 aromatic rings. The first-order valence-electron chi connectivity index (χ1n) is 4.91. The highest BCUT2D eigenvalue weighted by Crippen LogP contribution is 2.18. The van der Waals surface area contributed by atoms with Crippen molar-refractivity contribution in [2.75, 3.05) is 11.1 Å². The van der Waals surface area contributed by atoms with Gasteiger partial charge in [0.1, 0.15) is 5.82 Å². The molecule has 0 aliphatic heterocycles. The number of nitrogen functional groups attached to an aromatic ring is 1. The van der Waals surface area contributed by atoms with E-state index in [-0.39, 0.29) is 0 Å². The van der Waals surface area contributed by atoms with E-state index in [4.69, 9.17) is 10.3 Å². The fourth-order valence-electron chi connectivity index (χ4n) is 1.29. The van der Waals surface area contributed by atoms with Crippen LogP contribution in [0, 0.1) is 13.8 Å². The largest absolute Gasteiger partial charge is 0.396 e. The van der Waals surface area contributed by atoms with Crippen LogP contribution in [0.4, 0.5) is 11.5 Å². The summed E-state index contributed by atoms with van der Waals surface area (Å²) < 4.78 is 4.85. The van der Waals surface area contributed by atoms with Gasteiger partial charge in [0.2, 0.25) is 5.89 Å². The van der Waals surface area contributed by atoms with Gasteiger partial charge in [0.15, 0.2) is 5.82 Å².